The fraction of sp³-hybridized carbons (Fsp3) is 0.300. The van der Waals surface area contributed by atoms with E-state index in [0.29, 0.717) is 5.17 Å². The third-order valence-electron chi connectivity index (χ3n) is 2.33. The van der Waals surface area contributed by atoms with Gasteiger partial charge in [-0.25, -0.2) is 0 Å². The summed E-state index contributed by atoms with van der Waals surface area (Å²) in [5.41, 5.74) is 1.25. The van der Waals surface area contributed by atoms with Gasteiger partial charge in [-0.2, -0.15) is 5.10 Å². The van der Waals surface area contributed by atoms with Crippen molar-refractivity contribution in [3.63, 3.8) is 0 Å². The molecule has 0 bridgehead atoms. The van der Waals surface area contributed by atoms with Gasteiger partial charge in [-0.3, -0.25) is 5.01 Å². The summed E-state index contributed by atoms with van der Waals surface area (Å²) >= 11 is 9.29. The average molecular weight is 274 g/mol. The average Bonchev–Trinajstić information content (AvgIpc) is 2.47. The predicted octanol–water partition coefficient (Wildman–Crippen LogP) is 3.38. The molecule has 1 aliphatic rings. The van der Waals surface area contributed by atoms with Crippen LogP contribution in [0.15, 0.2) is 33.8 Å². The zero-order chi connectivity index (χ0) is 10.1. The molecule has 14 heavy (non-hydrogen) atoms. The quantitative estimate of drug-likeness (QED) is 0.766. The second-order valence-corrected chi connectivity index (χ2v) is 4.67. The van der Waals surface area contributed by atoms with Gasteiger partial charge in [0.05, 0.1) is 6.04 Å². The third kappa shape index (κ3) is 1.93. The second-order valence-electron chi connectivity index (χ2n) is 3.32. The van der Waals surface area contributed by atoms with Crippen LogP contribution in [0.4, 0.5) is 0 Å². The minimum Gasteiger partial charge on any atom is -0.291 e. The third-order valence-corrected chi connectivity index (χ3v) is 3.09. The van der Waals surface area contributed by atoms with E-state index in [9.17, 15) is 0 Å². The Labute approximate surface area is 96.7 Å². The lowest BCUT2D eigenvalue weighted by molar-refractivity contribution is 0.290. The number of nitrogens with zero attached hydrogens (tertiary/aromatic N) is 2. The Balaban J connectivity index is 2.21. The molecule has 1 atom stereocenters. The van der Waals surface area contributed by atoms with E-state index in [2.05, 4.69) is 33.2 Å². The summed E-state index contributed by atoms with van der Waals surface area (Å²) in [6.07, 6.45) is 0.805. The maximum atomic E-state index is 5.88. The second kappa shape index (κ2) is 3.91. The number of halogens is 2. The van der Waals surface area contributed by atoms with Gasteiger partial charge in [0.2, 0.25) is 0 Å². The molecule has 2 nitrogen and oxygen atoms in total. The van der Waals surface area contributed by atoms with E-state index >= 15 is 0 Å². The largest absolute Gasteiger partial charge is 0.291 e. The first-order chi connectivity index (χ1) is 6.66. The lowest BCUT2D eigenvalue weighted by atomic mass is 10.1. The molecule has 4 heteroatoms. The SMILES string of the molecule is CN1N=C(Cl)CC1c1ccc(Br)cc1. The lowest BCUT2D eigenvalue weighted by Gasteiger charge is -2.18. The smallest absolute Gasteiger partial charge is 0.128 e. The van der Waals surface area contributed by atoms with Gasteiger partial charge >= 0.3 is 0 Å². The number of benzene rings is 1. The fourth-order valence-electron chi connectivity index (χ4n) is 1.59. The zero-order valence-corrected chi connectivity index (χ0v) is 10.1. The first-order valence-electron chi connectivity index (χ1n) is 4.38. The molecule has 1 aromatic carbocycles. The maximum Gasteiger partial charge on any atom is 0.128 e. The van der Waals surface area contributed by atoms with Crippen molar-refractivity contribution in [2.24, 2.45) is 5.10 Å². The molecule has 0 fully saturated rings. The number of hydrogen-bond donors (Lipinski definition) is 0. The summed E-state index contributed by atoms with van der Waals surface area (Å²) < 4.78 is 1.09. The van der Waals surface area contributed by atoms with Crippen LogP contribution in [0.2, 0.25) is 0 Å². The molecular formula is C10H10BrClN2. The van der Waals surface area contributed by atoms with Gasteiger partial charge in [0.1, 0.15) is 5.17 Å². The monoisotopic (exact) mass is 272 g/mol. The molecule has 0 spiro atoms. The van der Waals surface area contributed by atoms with Crippen molar-refractivity contribution in [3.05, 3.63) is 34.3 Å². The van der Waals surface area contributed by atoms with Crippen LogP contribution in [-0.2, 0) is 0 Å². The zero-order valence-electron chi connectivity index (χ0n) is 7.74. The Bertz CT molecular complexity index is 361. The van der Waals surface area contributed by atoms with E-state index in [0.717, 1.165) is 10.9 Å². The minimum atomic E-state index is 0.288. The molecule has 0 radical (unpaired) electrons. The number of rotatable bonds is 1. The predicted molar refractivity (Wildman–Crippen MR) is 62.6 cm³/mol. The Morgan fingerprint density at radius 1 is 1.43 bits per heavy atom. The van der Waals surface area contributed by atoms with Crippen LogP contribution < -0.4 is 0 Å². The van der Waals surface area contributed by atoms with Crippen LogP contribution in [-0.4, -0.2) is 17.2 Å². The Hall–Kier alpha value is -0.540. The molecule has 2 rings (SSSR count). The van der Waals surface area contributed by atoms with Crippen LogP contribution in [0, 0.1) is 0 Å². The molecule has 0 saturated heterocycles. The highest BCUT2D eigenvalue weighted by Gasteiger charge is 2.23. The summed E-state index contributed by atoms with van der Waals surface area (Å²) in [6.45, 7) is 0. The highest BCUT2D eigenvalue weighted by atomic mass is 79.9. The van der Waals surface area contributed by atoms with Crippen molar-refractivity contribution in [1.29, 1.82) is 0 Å². The summed E-state index contributed by atoms with van der Waals surface area (Å²) in [7, 11) is 1.95. The standard InChI is InChI=1S/C10H10BrClN2/c1-14-9(6-10(12)13-14)7-2-4-8(11)5-3-7/h2-5,9H,6H2,1H3. The molecular weight excluding hydrogens is 263 g/mol. The summed E-state index contributed by atoms with van der Waals surface area (Å²) in [5.74, 6) is 0. The first-order valence-corrected chi connectivity index (χ1v) is 5.55. The van der Waals surface area contributed by atoms with E-state index in [4.69, 9.17) is 11.6 Å². The Morgan fingerprint density at radius 3 is 2.57 bits per heavy atom. The summed E-state index contributed by atoms with van der Waals surface area (Å²) in [4.78, 5) is 0. The van der Waals surface area contributed by atoms with Crippen LogP contribution >= 0.6 is 27.5 Å². The molecule has 0 amide bonds. The van der Waals surface area contributed by atoms with Gasteiger partial charge in [-0.1, -0.05) is 39.7 Å². The van der Waals surface area contributed by atoms with E-state index in [-0.39, 0.29) is 6.04 Å². The van der Waals surface area contributed by atoms with Crippen LogP contribution in [0.1, 0.15) is 18.0 Å². The molecule has 1 unspecified atom stereocenters. The van der Waals surface area contributed by atoms with Crippen molar-refractivity contribution in [1.82, 2.24) is 5.01 Å². The number of hydrogen-bond acceptors (Lipinski definition) is 2. The molecule has 0 aliphatic carbocycles. The van der Waals surface area contributed by atoms with Crippen molar-refractivity contribution in [3.8, 4) is 0 Å². The highest BCUT2D eigenvalue weighted by Crippen LogP contribution is 2.30. The van der Waals surface area contributed by atoms with Crippen LogP contribution in [0.25, 0.3) is 0 Å². The molecule has 74 valence electrons. The highest BCUT2D eigenvalue weighted by molar-refractivity contribution is 9.10. The van der Waals surface area contributed by atoms with Crippen LogP contribution in [0.3, 0.4) is 0 Å². The topological polar surface area (TPSA) is 15.6 Å². The number of hydrazone groups is 1. The first kappa shape index (κ1) is 9.99. The van der Waals surface area contributed by atoms with Gasteiger partial charge < -0.3 is 0 Å². The van der Waals surface area contributed by atoms with Gasteiger partial charge in [0, 0.05) is 17.9 Å². The van der Waals surface area contributed by atoms with Gasteiger partial charge in [0.25, 0.3) is 0 Å². The maximum absolute atomic E-state index is 5.88. The molecule has 0 saturated carbocycles. The molecule has 0 N–H and O–H groups in total. The van der Waals surface area contributed by atoms with Gasteiger partial charge in [0.15, 0.2) is 0 Å². The van der Waals surface area contributed by atoms with Crippen molar-refractivity contribution >= 4 is 32.7 Å². The van der Waals surface area contributed by atoms with E-state index in [1.54, 1.807) is 0 Å². The van der Waals surface area contributed by atoms with E-state index in [1.807, 2.05) is 24.2 Å². The molecule has 0 aromatic heterocycles. The lowest BCUT2D eigenvalue weighted by Crippen LogP contribution is -2.13. The van der Waals surface area contributed by atoms with Gasteiger partial charge in [-0.05, 0) is 17.7 Å². The molecule has 1 aromatic rings. The minimum absolute atomic E-state index is 0.288. The molecule has 1 aliphatic heterocycles. The van der Waals surface area contributed by atoms with Gasteiger partial charge in [-0.15, -0.1) is 0 Å². The Morgan fingerprint density at radius 2 is 2.07 bits per heavy atom. The van der Waals surface area contributed by atoms with E-state index in [1.165, 1.54) is 5.56 Å². The van der Waals surface area contributed by atoms with Crippen molar-refractivity contribution in [2.75, 3.05) is 7.05 Å². The Kier molecular flexibility index (Phi) is 2.79. The normalized spacial score (nSPS) is 21.2. The fourth-order valence-corrected chi connectivity index (χ4v) is 2.12. The van der Waals surface area contributed by atoms with Crippen molar-refractivity contribution in [2.45, 2.75) is 12.5 Å². The van der Waals surface area contributed by atoms with E-state index < -0.39 is 0 Å². The van der Waals surface area contributed by atoms with Crippen LogP contribution in [0.5, 0.6) is 0 Å². The summed E-state index contributed by atoms with van der Waals surface area (Å²) in [5, 5.41) is 6.76. The summed E-state index contributed by atoms with van der Waals surface area (Å²) in [6, 6.07) is 8.55. The molecule has 1 heterocycles. The van der Waals surface area contributed by atoms with Crippen molar-refractivity contribution < 1.29 is 0 Å².